The largest absolute Gasteiger partial charge is 0.313 e. The maximum Gasteiger partial charge on any atom is 0.0183 e. The van der Waals surface area contributed by atoms with Crippen LogP contribution < -0.4 is 5.32 Å². The molecule has 0 heterocycles. The van der Waals surface area contributed by atoms with Crippen molar-refractivity contribution in [2.75, 3.05) is 18.1 Å². The standard InChI is InChI=1S/C13H29NS/c1-6-8-12(5)13(14-7-2)10-15-9-11(3)4/h11-14H,6-10H2,1-5H3. The zero-order valence-electron chi connectivity index (χ0n) is 11.2. The van der Waals surface area contributed by atoms with Gasteiger partial charge >= 0.3 is 0 Å². The van der Waals surface area contributed by atoms with Crippen molar-refractivity contribution in [3.05, 3.63) is 0 Å². The summed E-state index contributed by atoms with van der Waals surface area (Å²) in [5.41, 5.74) is 0. The number of thioether (sulfide) groups is 1. The van der Waals surface area contributed by atoms with Gasteiger partial charge in [-0.1, -0.05) is 41.0 Å². The van der Waals surface area contributed by atoms with E-state index in [9.17, 15) is 0 Å². The Morgan fingerprint density at radius 1 is 1.07 bits per heavy atom. The summed E-state index contributed by atoms with van der Waals surface area (Å²) in [4.78, 5) is 0. The van der Waals surface area contributed by atoms with Gasteiger partial charge in [0.15, 0.2) is 0 Å². The van der Waals surface area contributed by atoms with Crippen LogP contribution in [0.2, 0.25) is 0 Å². The lowest BCUT2D eigenvalue weighted by molar-refractivity contribution is 0.388. The second-order valence-electron chi connectivity index (χ2n) is 4.86. The van der Waals surface area contributed by atoms with E-state index in [1.54, 1.807) is 0 Å². The zero-order chi connectivity index (χ0) is 11.7. The van der Waals surface area contributed by atoms with Crippen molar-refractivity contribution >= 4 is 11.8 Å². The molecule has 0 aliphatic rings. The van der Waals surface area contributed by atoms with E-state index in [1.807, 2.05) is 0 Å². The van der Waals surface area contributed by atoms with Crippen LogP contribution in [0.25, 0.3) is 0 Å². The summed E-state index contributed by atoms with van der Waals surface area (Å²) in [7, 11) is 0. The predicted molar refractivity (Wildman–Crippen MR) is 73.7 cm³/mol. The Morgan fingerprint density at radius 3 is 2.20 bits per heavy atom. The van der Waals surface area contributed by atoms with E-state index in [0.29, 0.717) is 6.04 Å². The van der Waals surface area contributed by atoms with Gasteiger partial charge in [0.05, 0.1) is 0 Å². The second kappa shape index (κ2) is 9.53. The highest BCUT2D eigenvalue weighted by Gasteiger charge is 2.15. The van der Waals surface area contributed by atoms with Crippen LogP contribution in [-0.4, -0.2) is 24.1 Å². The van der Waals surface area contributed by atoms with Crippen LogP contribution in [0.3, 0.4) is 0 Å². The van der Waals surface area contributed by atoms with Crippen molar-refractivity contribution < 1.29 is 0 Å². The fourth-order valence-electron chi connectivity index (χ4n) is 1.77. The summed E-state index contributed by atoms with van der Waals surface area (Å²) in [6.07, 6.45) is 2.65. The summed E-state index contributed by atoms with van der Waals surface area (Å²) >= 11 is 2.10. The van der Waals surface area contributed by atoms with Gasteiger partial charge in [0.1, 0.15) is 0 Å². The van der Waals surface area contributed by atoms with Gasteiger partial charge in [-0.3, -0.25) is 0 Å². The van der Waals surface area contributed by atoms with Gasteiger partial charge < -0.3 is 5.32 Å². The molecule has 0 radical (unpaired) electrons. The van der Waals surface area contributed by atoms with Crippen LogP contribution in [0.1, 0.15) is 47.5 Å². The second-order valence-corrected chi connectivity index (χ2v) is 5.94. The van der Waals surface area contributed by atoms with E-state index in [2.05, 4.69) is 51.7 Å². The maximum atomic E-state index is 3.62. The van der Waals surface area contributed by atoms with Crippen molar-refractivity contribution in [1.82, 2.24) is 5.32 Å². The molecule has 0 aromatic heterocycles. The van der Waals surface area contributed by atoms with E-state index in [1.165, 1.54) is 24.3 Å². The summed E-state index contributed by atoms with van der Waals surface area (Å²) in [6, 6.07) is 0.707. The van der Waals surface area contributed by atoms with Crippen LogP contribution in [0.4, 0.5) is 0 Å². The molecule has 1 nitrogen and oxygen atoms in total. The van der Waals surface area contributed by atoms with Crippen LogP contribution in [-0.2, 0) is 0 Å². The number of rotatable bonds is 9. The molecule has 15 heavy (non-hydrogen) atoms. The molecule has 92 valence electrons. The van der Waals surface area contributed by atoms with Crippen LogP contribution in [0.5, 0.6) is 0 Å². The predicted octanol–water partition coefficient (Wildman–Crippen LogP) is 3.79. The molecule has 0 bridgehead atoms. The first kappa shape index (κ1) is 15.3. The van der Waals surface area contributed by atoms with E-state index < -0.39 is 0 Å². The third kappa shape index (κ3) is 8.15. The topological polar surface area (TPSA) is 12.0 Å². The van der Waals surface area contributed by atoms with Gasteiger partial charge in [0.2, 0.25) is 0 Å². The molecule has 2 atom stereocenters. The Balaban J connectivity index is 3.81. The van der Waals surface area contributed by atoms with E-state index in [0.717, 1.165) is 18.4 Å². The third-order valence-corrected chi connectivity index (χ3v) is 4.14. The smallest absolute Gasteiger partial charge is 0.0183 e. The lowest BCUT2D eigenvalue weighted by Crippen LogP contribution is -2.37. The maximum absolute atomic E-state index is 3.62. The molecule has 0 fully saturated rings. The van der Waals surface area contributed by atoms with E-state index in [4.69, 9.17) is 0 Å². The van der Waals surface area contributed by atoms with E-state index >= 15 is 0 Å². The highest BCUT2D eigenvalue weighted by molar-refractivity contribution is 7.99. The number of nitrogens with one attached hydrogen (secondary N) is 1. The fraction of sp³-hybridized carbons (Fsp3) is 1.00. The lowest BCUT2D eigenvalue weighted by atomic mass is 9.98. The molecule has 0 aromatic rings. The lowest BCUT2D eigenvalue weighted by Gasteiger charge is -2.24. The van der Waals surface area contributed by atoms with Gasteiger partial charge in [0, 0.05) is 11.8 Å². The SMILES string of the molecule is CCCC(C)C(CSCC(C)C)NCC. The molecule has 0 spiro atoms. The van der Waals surface area contributed by atoms with Crippen molar-refractivity contribution in [2.45, 2.75) is 53.5 Å². The molecule has 0 saturated carbocycles. The molecule has 0 aliphatic heterocycles. The Morgan fingerprint density at radius 2 is 1.73 bits per heavy atom. The first-order valence-electron chi connectivity index (χ1n) is 6.42. The summed E-state index contributed by atoms with van der Waals surface area (Å²) in [6.45, 7) is 12.6. The van der Waals surface area contributed by atoms with Crippen LogP contribution in [0.15, 0.2) is 0 Å². The molecule has 1 N–H and O–H groups in total. The molecular formula is C13H29NS. The number of hydrogen-bond donors (Lipinski definition) is 1. The molecule has 2 unspecified atom stereocenters. The normalized spacial score (nSPS) is 15.6. The quantitative estimate of drug-likeness (QED) is 0.648. The highest BCUT2D eigenvalue weighted by Crippen LogP contribution is 2.17. The Bertz CT molecular complexity index is 136. The molecule has 0 rings (SSSR count). The van der Waals surface area contributed by atoms with Crippen molar-refractivity contribution in [1.29, 1.82) is 0 Å². The first-order chi connectivity index (χ1) is 7.11. The summed E-state index contributed by atoms with van der Waals surface area (Å²) < 4.78 is 0. The highest BCUT2D eigenvalue weighted by atomic mass is 32.2. The van der Waals surface area contributed by atoms with Gasteiger partial charge in [-0.25, -0.2) is 0 Å². The molecule has 0 aliphatic carbocycles. The van der Waals surface area contributed by atoms with Crippen LogP contribution >= 0.6 is 11.8 Å². The minimum absolute atomic E-state index is 0.707. The van der Waals surface area contributed by atoms with Gasteiger partial charge in [-0.2, -0.15) is 11.8 Å². The average Bonchev–Trinajstić information content (AvgIpc) is 2.16. The molecule has 0 aromatic carbocycles. The monoisotopic (exact) mass is 231 g/mol. The Hall–Kier alpha value is 0.310. The Labute approximate surface area is 101 Å². The van der Waals surface area contributed by atoms with Gasteiger partial charge in [0.25, 0.3) is 0 Å². The zero-order valence-corrected chi connectivity index (χ0v) is 12.0. The number of hydrogen-bond acceptors (Lipinski definition) is 2. The fourth-order valence-corrected chi connectivity index (χ4v) is 3.08. The first-order valence-corrected chi connectivity index (χ1v) is 7.58. The third-order valence-electron chi connectivity index (χ3n) is 2.65. The summed E-state index contributed by atoms with van der Waals surface area (Å²) in [5, 5.41) is 3.62. The minimum Gasteiger partial charge on any atom is -0.313 e. The molecule has 2 heteroatoms. The van der Waals surface area contributed by atoms with E-state index in [-0.39, 0.29) is 0 Å². The van der Waals surface area contributed by atoms with Crippen LogP contribution in [0, 0.1) is 11.8 Å². The van der Waals surface area contributed by atoms with Crippen molar-refractivity contribution in [3.8, 4) is 0 Å². The van der Waals surface area contributed by atoms with Crippen molar-refractivity contribution in [2.24, 2.45) is 11.8 Å². The van der Waals surface area contributed by atoms with Crippen molar-refractivity contribution in [3.63, 3.8) is 0 Å². The summed E-state index contributed by atoms with van der Waals surface area (Å²) in [5.74, 6) is 4.20. The molecular weight excluding hydrogens is 202 g/mol. The average molecular weight is 231 g/mol. The minimum atomic E-state index is 0.707. The molecule has 0 saturated heterocycles. The van der Waals surface area contributed by atoms with Gasteiger partial charge in [-0.05, 0) is 30.6 Å². The Kier molecular flexibility index (Phi) is 9.73. The molecule has 0 amide bonds. The van der Waals surface area contributed by atoms with Gasteiger partial charge in [-0.15, -0.1) is 0 Å².